The van der Waals surface area contributed by atoms with E-state index in [1.54, 1.807) is 6.92 Å². The molecule has 0 fully saturated rings. The Hall–Kier alpha value is -1.67. The maximum absolute atomic E-state index is 12.4. The summed E-state index contributed by atoms with van der Waals surface area (Å²) in [4.78, 5) is 35.8. The fourth-order valence-corrected chi connectivity index (χ4v) is 2.13. The van der Waals surface area contributed by atoms with Gasteiger partial charge in [0, 0.05) is 0 Å². The first-order valence-corrected chi connectivity index (χ1v) is 8.28. The fourth-order valence-electron chi connectivity index (χ4n) is 2.13. The van der Waals surface area contributed by atoms with E-state index in [2.05, 4.69) is 10.6 Å². The summed E-state index contributed by atoms with van der Waals surface area (Å²) in [6, 6.07) is -3.09. The van der Waals surface area contributed by atoms with Gasteiger partial charge in [-0.3, -0.25) is 9.59 Å². The predicted molar refractivity (Wildman–Crippen MR) is 90.1 cm³/mol. The minimum absolute atomic E-state index is 0.0932. The summed E-state index contributed by atoms with van der Waals surface area (Å²) in [5.41, 5.74) is 5.57. The molecule has 6 N–H and O–H groups in total. The summed E-state index contributed by atoms with van der Waals surface area (Å²) in [7, 11) is 0. The number of rotatable bonds is 10. The average molecular weight is 345 g/mol. The summed E-state index contributed by atoms with van der Waals surface area (Å²) < 4.78 is 0. The largest absolute Gasteiger partial charge is 0.480 e. The lowest BCUT2D eigenvalue weighted by molar-refractivity contribution is -0.143. The van der Waals surface area contributed by atoms with E-state index in [0.29, 0.717) is 12.8 Å². The molecule has 8 nitrogen and oxygen atoms in total. The standard InChI is InChI=1S/C16H31N3O5/c1-6-9(4)13(16(23)24)19-14(21)11(7-8(2)3)18-15(22)12(17)10(5)20/h8-13,20H,6-7,17H2,1-5H3,(H,18,22)(H,19,21)(H,23,24)/t9-,10+,11-,12-,13-/m0/s1. The molecule has 0 aromatic heterocycles. The first kappa shape index (κ1) is 22.3. The van der Waals surface area contributed by atoms with Crippen molar-refractivity contribution in [3.05, 3.63) is 0 Å². The van der Waals surface area contributed by atoms with Crippen molar-refractivity contribution < 1.29 is 24.6 Å². The molecule has 24 heavy (non-hydrogen) atoms. The van der Waals surface area contributed by atoms with Gasteiger partial charge in [0.25, 0.3) is 0 Å². The highest BCUT2D eigenvalue weighted by Crippen LogP contribution is 2.11. The summed E-state index contributed by atoms with van der Waals surface area (Å²) in [6.45, 7) is 8.71. The third-order valence-corrected chi connectivity index (χ3v) is 3.94. The highest BCUT2D eigenvalue weighted by Gasteiger charge is 2.31. The normalized spacial score (nSPS) is 17.5. The maximum Gasteiger partial charge on any atom is 0.326 e. The van der Waals surface area contributed by atoms with Crippen molar-refractivity contribution in [2.75, 3.05) is 0 Å². The van der Waals surface area contributed by atoms with Crippen molar-refractivity contribution in [3.8, 4) is 0 Å². The summed E-state index contributed by atoms with van der Waals surface area (Å²) in [6.07, 6.45) is -0.137. The highest BCUT2D eigenvalue weighted by molar-refractivity contribution is 5.92. The molecule has 0 aliphatic rings. The van der Waals surface area contributed by atoms with Crippen molar-refractivity contribution in [2.24, 2.45) is 17.6 Å². The van der Waals surface area contributed by atoms with Gasteiger partial charge in [0.05, 0.1) is 6.10 Å². The highest BCUT2D eigenvalue weighted by atomic mass is 16.4. The molecule has 0 aliphatic carbocycles. The number of carbonyl (C=O) groups excluding carboxylic acids is 2. The first-order valence-electron chi connectivity index (χ1n) is 8.28. The van der Waals surface area contributed by atoms with Crippen molar-refractivity contribution in [1.82, 2.24) is 10.6 Å². The zero-order valence-electron chi connectivity index (χ0n) is 15.1. The minimum Gasteiger partial charge on any atom is -0.480 e. The van der Waals surface area contributed by atoms with Gasteiger partial charge in [0.2, 0.25) is 11.8 Å². The topological polar surface area (TPSA) is 142 Å². The molecule has 0 aromatic rings. The van der Waals surface area contributed by atoms with Gasteiger partial charge < -0.3 is 26.6 Å². The molecule has 0 rings (SSSR count). The molecule has 8 heteroatoms. The SMILES string of the molecule is CC[C@H](C)[C@H](NC(=O)[C@H](CC(C)C)NC(=O)[C@@H](N)[C@@H](C)O)C(=O)O. The number of aliphatic hydroxyl groups excluding tert-OH is 1. The Morgan fingerprint density at radius 3 is 1.96 bits per heavy atom. The Morgan fingerprint density at radius 1 is 1.04 bits per heavy atom. The summed E-state index contributed by atoms with van der Waals surface area (Å²) in [5.74, 6) is -2.49. The molecule has 0 saturated heterocycles. The second-order valence-corrected chi connectivity index (χ2v) is 6.67. The van der Waals surface area contributed by atoms with E-state index in [9.17, 15) is 24.6 Å². The monoisotopic (exact) mass is 345 g/mol. The van der Waals surface area contributed by atoms with Crippen molar-refractivity contribution in [1.29, 1.82) is 0 Å². The predicted octanol–water partition coefficient (Wildman–Crippen LogP) is -0.159. The third-order valence-electron chi connectivity index (χ3n) is 3.94. The molecule has 0 radical (unpaired) electrons. The van der Waals surface area contributed by atoms with E-state index < -0.39 is 42.0 Å². The number of nitrogens with one attached hydrogen (secondary N) is 2. The number of aliphatic hydroxyl groups is 1. The number of amides is 2. The number of aliphatic carboxylic acids is 1. The molecular weight excluding hydrogens is 314 g/mol. The molecule has 0 spiro atoms. The van der Waals surface area contributed by atoms with E-state index >= 15 is 0 Å². The molecule has 5 atom stereocenters. The zero-order valence-corrected chi connectivity index (χ0v) is 15.1. The van der Waals surface area contributed by atoms with E-state index in [0.717, 1.165) is 0 Å². The molecule has 2 amide bonds. The molecule has 0 aliphatic heterocycles. The number of hydrogen-bond donors (Lipinski definition) is 5. The second kappa shape index (κ2) is 10.2. The Labute approximate surface area is 143 Å². The van der Waals surface area contributed by atoms with Crippen LogP contribution in [0.25, 0.3) is 0 Å². The van der Waals surface area contributed by atoms with Crippen LogP contribution in [0.5, 0.6) is 0 Å². The number of carboxylic acids is 1. The van der Waals surface area contributed by atoms with E-state index in [-0.39, 0.29) is 11.8 Å². The molecule has 0 unspecified atom stereocenters. The Kier molecular flexibility index (Phi) is 9.53. The first-order chi connectivity index (χ1) is 11.0. The molecule has 140 valence electrons. The number of hydrogen-bond acceptors (Lipinski definition) is 5. The summed E-state index contributed by atoms with van der Waals surface area (Å²) in [5, 5.41) is 23.6. The van der Waals surface area contributed by atoms with Crippen molar-refractivity contribution >= 4 is 17.8 Å². The smallest absolute Gasteiger partial charge is 0.326 e. The molecular formula is C16H31N3O5. The van der Waals surface area contributed by atoms with Gasteiger partial charge in [0.1, 0.15) is 18.1 Å². The van der Waals surface area contributed by atoms with Crippen molar-refractivity contribution in [2.45, 2.75) is 71.7 Å². The van der Waals surface area contributed by atoms with Crippen LogP contribution in [0.3, 0.4) is 0 Å². The summed E-state index contributed by atoms with van der Waals surface area (Å²) >= 11 is 0. The van der Waals surface area contributed by atoms with E-state index in [1.807, 2.05) is 20.8 Å². The number of nitrogens with two attached hydrogens (primary N) is 1. The third kappa shape index (κ3) is 7.27. The second-order valence-electron chi connectivity index (χ2n) is 6.67. The van der Waals surface area contributed by atoms with Crippen LogP contribution in [0.15, 0.2) is 0 Å². The average Bonchev–Trinajstić information content (AvgIpc) is 2.48. The Bertz CT molecular complexity index is 439. The van der Waals surface area contributed by atoms with Gasteiger partial charge in [0.15, 0.2) is 0 Å². The van der Waals surface area contributed by atoms with Crippen LogP contribution >= 0.6 is 0 Å². The van der Waals surface area contributed by atoms with Crippen LogP contribution in [-0.4, -0.2) is 52.2 Å². The van der Waals surface area contributed by atoms with Crippen LogP contribution in [0.2, 0.25) is 0 Å². The van der Waals surface area contributed by atoms with Gasteiger partial charge in [-0.2, -0.15) is 0 Å². The number of carbonyl (C=O) groups is 3. The Balaban J connectivity index is 5.12. The molecule has 0 aromatic carbocycles. The Morgan fingerprint density at radius 2 is 1.58 bits per heavy atom. The van der Waals surface area contributed by atoms with Crippen LogP contribution in [0, 0.1) is 11.8 Å². The number of carboxylic acid groups (broad SMARTS) is 1. The van der Waals surface area contributed by atoms with E-state index in [1.165, 1.54) is 6.92 Å². The van der Waals surface area contributed by atoms with Gasteiger partial charge in [-0.25, -0.2) is 4.79 Å². The van der Waals surface area contributed by atoms with Crippen LogP contribution in [0.1, 0.15) is 47.5 Å². The maximum atomic E-state index is 12.4. The lowest BCUT2D eigenvalue weighted by Gasteiger charge is -2.26. The fraction of sp³-hybridized carbons (Fsp3) is 0.812. The lowest BCUT2D eigenvalue weighted by atomic mass is 9.97. The van der Waals surface area contributed by atoms with Gasteiger partial charge >= 0.3 is 5.97 Å². The molecule has 0 saturated carbocycles. The molecule has 0 heterocycles. The van der Waals surface area contributed by atoms with Crippen LogP contribution < -0.4 is 16.4 Å². The quantitative estimate of drug-likeness (QED) is 0.372. The van der Waals surface area contributed by atoms with Gasteiger partial charge in [-0.15, -0.1) is 0 Å². The minimum atomic E-state index is -1.16. The van der Waals surface area contributed by atoms with Crippen molar-refractivity contribution in [3.63, 3.8) is 0 Å². The van der Waals surface area contributed by atoms with E-state index in [4.69, 9.17) is 5.73 Å². The van der Waals surface area contributed by atoms with Crippen LogP contribution in [-0.2, 0) is 14.4 Å². The molecule has 0 bridgehead atoms. The zero-order chi connectivity index (χ0) is 19.0. The van der Waals surface area contributed by atoms with Gasteiger partial charge in [-0.1, -0.05) is 34.1 Å². The lowest BCUT2D eigenvalue weighted by Crippen LogP contribution is -2.57. The van der Waals surface area contributed by atoms with Gasteiger partial charge in [-0.05, 0) is 25.2 Å². The van der Waals surface area contributed by atoms with Crippen LogP contribution in [0.4, 0.5) is 0 Å².